The number of hydrogen-bond acceptors (Lipinski definition) is 6. The van der Waals surface area contributed by atoms with Crippen molar-refractivity contribution in [1.29, 1.82) is 0 Å². The summed E-state index contributed by atoms with van der Waals surface area (Å²) in [5.74, 6) is -0.327. The molecule has 0 saturated heterocycles. The van der Waals surface area contributed by atoms with Crippen LogP contribution in [-0.2, 0) is 14.3 Å². The van der Waals surface area contributed by atoms with Gasteiger partial charge in [-0.05, 0) is 48.0 Å². The number of aromatic nitrogens is 1. The van der Waals surface area contributed by atoms with Crippen LogP contribution in [0.25, 0.3) is 17.3 Å². The molecule has 0 fully saturated rings. The van der Waals surface area contributed by atoms with E-state index in [1.165, 1.54) is 17.4 Å². The highest BCUT2D eigenvalue weighted by molar-refractivity contribution is 7.14. The number of thiazole rings is 1. The number of benzene rings is 2. The van der Waals surface area contributed by atoms with E-state index < -0.39 is 18.5 Å². The van der Waals surface area contributed by atoms with Gasteiger partial charge in [-0.25, -0.2) is 9.78 Å². The third kappa shape index (κ3) is 6.17. The predicted octanol–water partition coefficient (Wildman–Crippen LogP) is 4.67. The van der Waals surface area contributed by atoms with E-state index in [4.69, 9.17) is 21.1 Å². The number of methoxy groups -OCH3 is 1. The van der Waals surface area contributed by atoms with Crippen LogP contribution in [0.2, 0.25) is 5.02 Å². The average molecular weight is 429 g/mol. The average Bonchev–Trinajstić information content (AvgIpc) is 3.20. The Morgan fingerprint density at radius 3 is 2.55 bits per heavy atom. The summed E-state index contributed by atoms with van der Waals surface area (Å²) >= 11 is 7.09. The fourth-order valence-electron chi connectivity index (χ4n) is 2.30. The molecule has 0 atom stereocenters. The van der Waals surface area contributed by atoms with Gasteiger partial charge in [0.25, 0.3) is 5.91 Å². The molecule has 0 aliphatic carbocycles. The van der Waals surface area contributed by atoms with Crippen molar-refractivity contribution in [2.45, 2.75) is 0 Å². The Bertz CT molecular complexity index is 1010. The normalized spacial score (nSPS) is 10.7. The van der Waals surface area contributed by atoms with Gasteiger partial charge in [-0.15, -0.1) is 11.3 Å². The molecule has 0 spiro atoms. The summed E-state index contributed by atoms with van der Waals surface area (Å²) in [4.78, 5) is 28.1. The summed E-state index contributed by atoms with van der Waals surface area (Å²) < 4.78 is 10.1. The molecular formula is C21H17ClN2O4S. The second kappa shape index (κ2) is 9.86. The summed E-state index contributed by atoms with van der Waals surface area (Å²) in [6, 6.07) is 14.4. The van der Waals surface area contributed by atoms with Gasteiger partial charge in [0.05, 0.1) is 12.8 Å². The largest absolute Gasteiger partial charge is 0.497 e. The van der Waals surface area contributed by atoms with E-state index in [2.05, 4.69) is 10.3 Å². The van der Waals surface area contributed by atoms with Crippen LogP contribution in [0.5, 0.6) is 5.75 Å². The molecule has 0 aliphatic rings. The molecule has 2 aromatic carbocycles. The zero-order valence-corrected chi connectivity index (χ0v) is 17.0. The lowest BCUT2D eigenvalue weighted by molar-refractivity contribution is -0.142. The van der Waals surface area contributed by atoms with E-state index in [0.29, 0.717) is 10.2 Å². The molecule has 1 heterocycles. The smallest absolute Gasteiger partial charge is 0.331 e. The van der Waals surface area contributed by atoms with Gasteiger partial charge in [0.2, 0.25) is 0 Å². The van der Waals surface area contributed by atoms with Crippen molar-refractivity contribution in [3.05, 3.63) is 70.6 Å². The number of rotatable bonds is 7. The third-order valence-electron chi connectivity index (χ3n) is 3.76. The van der Waals surface area contributed by atoms with Gasteiger partial charge >= 0.3 is 5.97 Å². The van der Waals surface area contributed by atoms with Crippen LogP contribution in [0.1, 0.15) is 5.56 Å². The van der Waals surface area contributed by atoms with E-state index in [0.717, 1.165) is 22.6 Å². The summed E-state index contributed by atoms with van der Waals surface area (Å²) in [5, 5.41) is 5.48. The fraction of sp³-hybridized carbons (Fsp3) is 0.0952. The molecule has 3 aromatic rings. The number of carbonyl (C=O) groups is 2. The van der Waals surface area contributed by atoms with Crippen molar-refractivity contribution >= 4 is 46.0 Å². The first-order valence-corrected chi connectivity index (χ1v) is 9.79. The first kappa shape index (κ1) is 20.6. The summed E-state index contributed by atoms with van der Waals surface area (Å²) in [7, 11) is 1.60. The third-order valence-corrected chi connectivity index (χ3v) is 4.77. The summed E-state index contributed by atoms with van der Waals surface area (Å²) in [6.45, 7) is -0.402. The summed E-state index contributed by atoms with van der Waals surface area (Å²) in [6.07, 6.45) is 2.83. The molecule has 0 aliphatic heterocycles. The van der Waals surface area contributed by atoms with Crippen molar-refractivity contribution < 1.29 is 19.1 Å². The predicted molar refractivity (Wildman–Crippen MR) is 114 cm³/mol. The standard InChI is InChI=1S/C21H17ClN2O4S/c1-27-17-9-5-15(6-10-17)18-13-29-21(23-18)24-19(25)12-28-20(26)11-4-14-2-7-16(22)8-3-14/h2-11,13H,12H2,1H3,(H,23,24,25). The van der Waals surface area contributed by atoms with E-state index in [-0.39, 0.29) is 0 Å². The number of esters is 1. The van der Waals surface area contributed by atoms with Gasteiger partial charge in [0.1, 0.15) is 5.75 Å². The quantitative estimate of drug-likeness (QED) is 0.437. The van der Waals surface area contributed by atoms with E-state index in [9.17, 15) is 9.59 Å². The molecule has 0 saturated carbocycles. The first-order chi connectivity index (χ1) is 14.0. The minimum Gasteiger partial charge on any atom is -0.497 e. The second-order valence-corrected chi connectivity index (χ2v) is 7.10. The Kier molecular flexibility index (Phi) is 6.99. The van der Waals surface area contributed by atoms with E-state index in [1.54, 1.807) is 37.5 Å². The van der Waals surface area contributed by atoms with Crippen molar-refractivity contribution in [2.75, 3.05) is 19.0 Å². The van der Waals surface area contributed by atoms with Gasteiger partial charge in [-0.3, -0.25) is 10.1 Å². The Morgan fingerprint density at radius 1 is 1.14 bits per heavy atom. The highest BCUT2D eigenvalue weighted by Gasteiger charge is 2.10. The number of carbonyl (C=O) groups excluding carboxylic acids is 2. The first-order valence-electron chi connectivity index (χ1n) is 8.54. The number of amides is 1. The maximum Gasteiger partial charge on any atom is 0.331 e. The Balaban J connectivity index is 1.48. The van der Waals surface area contributed by atoms with E-state index >= 15 is 0 Å². The molecule has 6 nitrogen and oxygen atoms in total. The molecule has 1 N–H and O–H groups in total. The fourth-order valence-corrected chi connectivity index (χ4v) is 3.17. The van der Waals surface area contributed by atoms with Gasteiger partial charge in [-0.1, -0.05) is 23.7 Å². The minimum absolute atomic E-state index is 0.402. The van der Waals surface area contributed by atoms with Crippen LogP contribution >= 0.6 is 22.9 Å². The van der Waals surface area contributed by atoms with Crippen LogP contribution in [0.3, 0.4) is 0 Å². The maximum absolute atomic E-state index is 12.0. The molecule has 148 valence electrons. The lowest BCUT2D eigenvalue weighted by Crippen LogP contribution is -2.20. The van der Waals surface area contributed by atoms with Gasteiger partial charge in [0, 0.05) is 22.0 Å². The zero-order valence-electron chi connectivity index (χ0n) is 15.4. The lowest BCUT2D eigenvalue weighted by Gasteiger charge is -2.02. The minimum atomic E-state index is -0.617. The number of hydrogen-bond donors (Lipinski definition) is 1. The zero-order chi connectivity index (χ0) is 20.6. The lowest BCUT2D eigenvalue weighted by atomic mass is 10.2. The van der Waals surface area contributed by atoms with E-state index in [1.807, 2.05) is 29.6 Å². The van der Waals surface area contributed by atoms with Gasteiger partial charge < -0.3 is 9.47 Å². The van der Waals surface area contributed by atoms with Crippen molar-refractivity contribution in [1.82, 2.24) is 4.98 Å². The highest BCUT2D eigenvalue weighted by Crippen LogP contribution is 2.26. The van der Waals surface area contributed by atoms with Crippen LogP contribution in [0, 0.1) is 0 Å². The number of ether oxygens (including phenoxy) is 2. The Labute approximate surface area is 176 Å². The molecule has 0 radical (unpaired) electrons. The molecule has 29 heavy (non-hydrogen) atoms. The highest BCUT2D eigenvalue weighted by atomic mass is 35.5. The molecule has 8 heteroatoms. The summed E-state index contributed by atoms with van der Waals surface area (Å²) in [5.41, 5.74) is 2.43. The van der Waals surface area contributed by atoms with Crippen LogP contribution in [0.15, 0.2) is 60.0 Å². The molecule has 3 rings (SSSR count). The molecule has 0 unspecified atom stereocenters. The van der Waals surface area contributed by atoms with Crippen molar-refractivity contribution in [3.8, 4) is 17.0 Å². The topological polar surface area (TPSA) is 77.5 Å². The van der Waals surface area contributed by atoms with Gasteiger partial charge in [-0.2, -0.15) is 0 Å². The van der Waals surface area contributed by atoms with Crippen molar-refractivity contribution in [3.63, 3.8) is 0 Å². The molecule has 1 aromatic heterocycles. The Morgan fingerprint density at radius 2 is 1.86 bits per heavy atom. The number of halogens is 1. The van der Waals surface area contributed by atoms with Crippen LogP contribution in [0.4, 0.5) is 5.13 Å². The Hall–Kier alpha value is -3.16. The molecule has 0 bridgehead atoms. The SMILES string of the molecule is COc1ccc(-c2csc(NC(=O)COC(=O)C=Cc3ccc(Cl)cc3)n2)cc1. The maximum atomic E-state index is 12.0. The van der Waals surface area contributed by atoms with Crippen LogP contribution in [-0.4, -0.2) is 30.6 Å². The molecular weight excluding hydrogens is 412 g/mol. The number of anilines is 1. The number of nitrogens with zero attached hydrogens (tertiary/aromatic N) is 1. The monoisotopic (exact) mass is 428 g/mol. The van der Waals surface area contributed by atoms with Crippen LogP contribution < -0.4 is 10.1 Å². The van der Waals surface area contributed by atoms with Crippen molar-refractivity contribution in [2.24, 2.45) is 0 Å². The van der Waals surface area contributed by atoms with Gasteiger partial charge in [0.15, 0.2) is 11.7 Å². The molecule has 1 amide bonds. The second-order valence-electron chi connectivity index (χ2n) is 5.81. The number of nitrogens with one attached hydrogen (secondary N) is 1.